The quantitative estimate of drug-likeness (QED) is 0.787. The van der Waals surface area contributed by atoms with E-state index in [1.807, 2.05) is 39.0 Å². The summed E-state index contributed by atoms with van der Waals surface area (Å²) in [5.41, 5.74) is 1.00. The third kappa shape index (κ3) is 3.78. The molecule has 1 aliphatic heterocycles. The molecule has 0 aliphatic carbocycles. The van der Waals surface area contributed by atoms with Crippen LogP contribution in [0.1, 0.15) is 49.0 Å². The SMILES string of the molecule is COC(=O)c1ccccc1C1CCN(C(=O)OC(C)(C)C)C1. The number of rotatable bonds is 2. The van der Waals surface area contributed by atoms with E-state index in [-0.39, 0.29) is 18.0 Å². The minimum absolute atomic E-state index is 0.128. The summed E-state index contributed by atoms with van der Waals surface area (Å²) < 4.78 is 10.2. The van der Waals surface area contributed by atoms with E-state index >= 15 is 0 Å². The van der Waals surface area contributed by atoms with Gasteiger partial charge in [-0.3, -0.25) is 0 Å². The van der Waals surface area contributed by atoms with Gasteiger partial charge < -0.3 is 14.4 Å². The van der Waals surface area contributed by atoms with Crippen molar-refractivity contribution >= 4 is 12.1 Å². The van der Waals surface area contributed by atoms with Gasteiger partial charge in [0.2, 0.25) is 0 Å². The first-order valence-electron chi connectivity index (χ1n) is 7.47. The van der Waals surface area contributed by atoms with Crippen LogP contribution in [-0.4, -0.2) is 42.8 Å². The van der Waals surface area contributed by atoms with Crippen molar-refractivity contribution in [1.29, 1.82) is 0 Å². The van der Waals surface area contributed by atoms with Crippen molar-refractivity contribution in [2.75, 3.05) is 20.2 Å². The van der Waals surface area contributed by atoms with Crippen LogP contribution in [0, 0.1) is 0 Å². The molecule has 0 N–H and O–H groups in total. The topological polar surface area (TPSA) is 55.8 Å². The first-order chi connectivity index (χ1) is 10.3. The number of hydrogen-bond acceptors (Lipinski definition) is 4. The van der Waals surface area contributed by atoms with Gasteiger partial charge in [-0.25, -0.2) is 9.59 Å². The summed E-state index contributed by atoms with van der Waals surface area (Å²) >= 11 is 0. The van der Waals surface area contributed by atoms with Gasteiger partial charge in [0.25, 0.3) is 0 Å². The molecular weight excluding hydrogens is 282 g/mol. The van der Waals surface area contributed by atoms with Gasteiger partial charge in [-0.05, 0) is 38.8 Å². The molecule has 120 valence electrons. The van der Waals surface area contributed by atoms with Crippen molar-refractivity contribution in [1.82, 2.24) is 4.90 Å². The van der Waals surface area contributed by atoms with E-state index in [0.29, 0.717) is 18.7 Å². The van der Waals surface area contributed by atoms with Crippen LogP contribution in [0.25, 0.3) is 0 Å². The first kappa shape index (κ1) is 16.3. The molecule has 1 aromatic rings. The standard InChI is InChI=1S/C17H23NO4/c1-17(2,3)22-16(20)18-10-9-12(11-18)13-7-5-6-8-14(13)15(19)21-4/h5-8,12H,9-11H2,1-4H3. The molecule has 1 aliphatic rings. The lowest BCUT2D eigenvalue weighted by Gasteiger charge is -2.24. The maximum absolute atomic E-state index is 12.1. The van der Waals surface area contributed by atoms with Gasteiger partial charge in [-0.2, -0.15) is 0 Å². The maximum atomic E-state index is 12.1. The molecule has 22 heavy (non-hydrogen) atoms. The van der Waals surface area contributed by atoms with Crippen molar-refractivity contribution in [3.63, 3.8) is 0 Å². The highest BCUT2D eigenvalue weighted by atomic mass is 16.6. The summed E-state index contributed by atoms with van der Waals surface area (Å²) in [6.07, 6.45) is 0.512. The molecule has 1 amide bonds. The third-order valence-corrected chi connectivity index (χ3v) is 3.65. The molecule has 0 aromatic heterocycles. The predicted molar refractivity (Wildman–Crippen MR) is 82.9 cm³/mol. The fraction of sp³-hybridized carbons (Fsp3) is 0.529. The largest absolute Gasteiger partial charge is 0.465 e. The monoisotopic (exact) mass is 305 g/mol. The van der Waals surface area contributed by atoms with Crippen LogP contribution in [0.15, 0.2) is 24.3 Å². The van der Waals surface area contributed by atoms with Crippen molar-refractivity contribution in [2.45, 2.75) is 38.7 Å². The second kappa shape index (κ2) is 6.38. The summed E-state index contributed by atoms with van der Waals surface area (Å²) in [5.74, 6) is -0.214. The highest BCUT2D eigenvalue weighted by molar-refractivity contribution is 5.91. The molecule has 0 bridgehead atoms. The first-order valence-corrected chi connectivity index (χ1v) is 7.47. The minimum Gasteiger partial charge on any atom is -0.465 e. The lowest BCUT2D eigenvalue weighted by atomic mass is 9.93. The molecule has 2 rings (SSSR count). The van der Waals surface area contributed by atoms with Gasteiger partial charge in [0.1, 0.15) is 5.60 Å². The number of carbonyl (C=O) groups is 2. The molecule has 1 unspecified atom stereocenters. The lowest BCUT2D eigenvalue weighted by molar-refractivity contribution is 0.0292. The number of esters is 1. The molecule has 5 heteroatoms. The van der Waals surface area contributed by atoms with Crippen LogP contribution < -0.4 is 0 Å². The van der Waals surface area contributed by atoms with Crippen molar-refractivity contribution in [3.05, 3.63) is 35.4 Å². The molecule has 1 heterocycles. The number of ether oxygens (including phenoxy) is 2. The minimum atomic E-state index is -0.501. The maximum Gasteiger partial charge on any atom is 0.410 e. The number of nitrogens with zero attached hydrogens (tertiary/aromatic N) is 1. The molecule has 1 atom stereocenters. The van der Waals surface area contributed by atoms with Crippen LogP contribution in [0.4, 0.5) is 4.79 Å². The molecule has 0 radical (unpaired) electrons. The number of amides is 1. The van der Waals surface area contributed by atoms with Crippen LogP contribution >= 0.6 is 0 Å². The molecule has 1 saturated heterocycles. The number of carbonyl (C=O) groups excluding carboxylic acids is 2. The van der Waals surface area contributed by atoms with E-state index in [2.05, 4.69) is 0 Å². The van der Waals surface area contributed by atoms with Gasteiger partial charge in [-0.1, -0.05) is 18.2 Å². The van der Waals surface area contributed by atoms with Crippen molar-refractivity contribution in [2.24, 2.45) is 0 Å². The highest BCUT2D eigenvalue weighted by Crippen LogP contribution is 2.30. The zero-order valence-electron chi connectivity index (χ0n) is 13.6. The zero-order valence-corrected chi connectivity index (χ0v) is 13.6. The third-order valence-electron chi connectivity index (χ3n) is 3.65. The summed E-state index contributed by atoms with van der Waals surface area (Å²) in [5, 5.41) is 0. The number of benzene rings is 1. The van der Waals surface area contributed by atoms with E-state index < -0.39 is 5.60 Å². The highest BCUT2D eigenvalue weighted by Gasteiger charge is 2.32. The molecule has 1 fully saturated rings. The fourth-order valence-corrected chi connectivity index (χ4v) is 2.66. The van der Waals surface area contributed by atoms with Crippen LogP contribution in [0.5, 0.6) is 0 Å². The van der Waals surface area contributed by atoms with Crippen molar-refractivity contribution < 1.29 is 19.1 Å². The van der Waals surface area contributed by atoms with E-state index in [0.717, 1.165) is 12.0 Å². The van der Waals surface area contributed by atoms with Crippen molar-refractivity contribution in [3.8, 4) is 0 Å². The van der Waals surface area contributed by atoms with E-state index in [1.54, 1.807) is 11.0 Å². The Morgan fingerprint density at radius 1 is 1.23 bits per heavy atom. The van der Waals surface area contributed by atoms with Crippen LogP contribution in [0.3, 0.4) is 0 Å². The average Bonchev–Trinajstić information content (AvgIpc) is 2.94. The summed E-state index contributed by atoms with van der Waals surface area (Å²) in [4.78, 5) is 25.7. The zero-order chi connectivity index (χ0) is 16.3. The molecule has 1 aromatic carbocycles. The Morgan fingerprint density at radius 3 is 2.55 bits per heavy atom. The Balaban J connectivity index is 2.11. The van der Waals surface area contributed by atoms with Gasteiger partial charge in [-0.15, -0.1) is 0 Å². The second-order valence-corrected chi connectivity index (χ2v) is 6.49. The predicted octanol–water partition coefficient (Wildman–Crippen LogP) is 3.20. The van der Waals surface area contributed by atoms with Gasteiger partial charge in [0, 0.05) is 19.0 Å². The Labute approximate surface area is 131 Å². The Hall–Kier alpha value is -2.04. The molecule has 0 saturated carbocycles. The average molecular weight is 305 g/mol. The van der Waals surface area contributed by atoms with Gasteiger partial charge in [0.05, 0.1) is 12.7 Å². The smallest absolute Gasteiger partial charge is 0.410 e. The summed E-state index contributed by atoms with van der Waals surface area (Å²) in [6.45, 7) is 6.75. The second-order valence-electron chi connectivity index (χ2n) is 6.49. The number of likely N-dealkylation sites (tertiary alicyclic amines) is 1. The number of methoxy groups -OCH3 is 1. The fourth-order valence-electron chi connectivity index (χ4n) is 2.66. The van der Waals surface area contributed by atoms with Crippen LogP contribution in [0.2, 0.25) is 0 Å². The van der Waals surface area contributed by atoms with Gasteiger partial charge >= 0.3 is 12.1 Å². The molecular formula is C17H23NO4. The number of hydrogen-bond donors (Lipinski definition) is 0. The molecule has 0 spiro atoms. The normalized spacial score (nSPS) is 18.2. The Morgan fingerprint density at radius 2 is 1.91 bits per heavy atom. The van der Waals surface area contributed by atoms with Gasteiger partial charge in [0.15, 0.2) is 0 Å². The summed E-state index contributed by atoms with van der Waals surface area (Å²) in [6, 6.07) is 7.40. The Kier molecular flexibility index (Phi) is 4.74. The Bertz CT molecular complexity index is 562. The lowest BCUT2D eigenvalue weighted by Crippen LogP contribution is -2.35. The summed E-state index contributed by atoms with van der Waals surface area (Å²) in [7, 11) is 1.38. The van der Waals surface area contributed by atoms with Crippen LogP contribution in [-0.2, 0) is 9.47 Å². The van der Waals surface area contributed by atoms with E-state index in [1.165, 1.54) is 7.11 Å². The van der Waals surface area contributed by atoms with E-state index in [9.17, 15) is 9.59 Å². The molecule has 5 nitrogen and oxygen atoms in total. The van der Waals surface area contributed by atoms with E-state index in [4.69, 9.17) is 9.47 Å².